The molecule has 0 aliphatic carbocycles. The number of amidine groups is 1. The van der Waals surface area contributed by atoms with Crippen molar-refractivity contribution in [3.8, 4) is 0 Å². The van der Waals surface area contributed by atoms with Crippen LogP contribution in [0, 0.1) is 0 Å². The molecule has 4 aromatic carbocycles. The zero-order chi connectivity index (χ0) is 20.4. The van der Waals surface area contributed by atoms with Crippen LogP contribution in [-0.4, -0.2) is 12.4 Å². The summed E-state index contributed by atoms with van der Waals surface area (Å²) >= 11 is 0. The van der Waals surface area contributed by atoms with Crippen LogP contribution in [-0.2, 0) is 5.54 Å². The van der Waals surface area contributed by atoms with E-state index in [0.29, 0.717) is 0 Å². The fourth-order valence-corrected chi connectivity index (χ4v) is 4.50. The number of hydrogen-bond acceptors (Lipinski definition) is 2. The number of hydrogen-bond donors (Lipinski definition) is 0. The fraction of sp³-hybridized carbons (Fsp3) is 0.107. The van der Waals surface area contributed by atoms with Gasteiger partial charge in [0.25, 0.3) is 0 Å². The molecule has 1 aliphatic heterocycles. The van der Waals surface area contributed by atoms with Crippen LogP contribution in [0.3, 0.4) is 0 Å². The number of aliphatic imine (C=N–C) groups is 1. The second kappa shape index (κ2) is 7.64. The quantitative estimate of drug-likeness (QED) is 0.402. The van der Waals surface area contributed by atoms with Gasteiger partial charge in [0.15, 0.2) is 0 Å². The van der Waals surface area contributed by atoms with Crippen LogP contribution in [0.2, 0.25) is 0 Å². The summed E-state index contributed by atoms with van der Waals surface area (Å²) in [5.74, 6) is 1.00. The Morgan fingerprint density at radius 2 is 1.13 bits per heavy atom. The maximum absolute atomic E-state index is 5.56. The molecule has 4 aromatic rings. The lowest BCUT2D eigenvalue weighted by Crippen LogP contribution is -2.43. The molecule has 2 nitrogen and oxygen atoms in total. The lowest BCUT2D eigenvalue weighted by molar-refractivity contribution is 0.641. The SMILES string of the molecule is CCN1C(c2ccccc2)=NC(c2ccccc2)(c2ccccc2)c2ccccc21. The van der Waals surface area contributed by atoms with E-state index in [1.54, 1.807) is 0 Å². The molecular weight excluding hydrogens is 364 g/mol. The van der Waals surface area contributed by atoms with Crippen molar-refractivity contribution in [2.75, 3.05) is 11.4 Å². The molecule has 2 heteroatoms. The molecule has 0 saturated carbocycles. The first-order valence-corrected chi connectivity index (χ1v) is 10.5. The van der Waals surface area contributed by atoms with Gasteiger partial charge in [-0.1, -0.05) is 109 Å². The van der Waals surface area contributed by atoms with Gasteiger partial charge in [0.05, 0.1) is 0 Å². The van der Waals surface area contributed by atoms with Gasteiger partial charge < -0.3 is 4.90 Å². The molecule has 0 atom stereocenters. The van der Waals surface area contributed by atoms with Crippen LogP contribution in [0.4, 0.5) is 5.69 Å². The third kappa shape index (κ3) is 2.84. The topological polar surface area (TPSA) is 15.6 Å². The largest absolute Gasteiger partial charge is 0.326 e. The Balaban J connectivity index is 1.91. The molecule has 0 aromatic heterocycles. The highest BCUT2D eigenvalue weighted by molar-refractivity contribution is 6.12. The highest BCUT2D eigenvalue weighted by Gasteiger charge is 2.43. The lowest BCUT2D eigenvalue weighted by Gasteiger charge is -2.42. The van der Waals surface area contributed by atoms with Crippen molar-refractivity contribution in [2.24, 2.45) is 4.99 Å². The van der Waals surface area contributed by atoms with Crippen LogP contribution in [0.25, 0.3) is 0 Å². The minimum absolute atomic E-state index is 0.601. The van der Waals surface area contributed by atoms with Crippen LogP contribution in [0.1, 0.15) is 29.2 Å². The normalized spacial score (nSPS) is 14.7. The fourth-order valence-electron chi connectivity index (χ4n) is 4.50. The minimum atomic E-state index is -0.601. The average molecular weight is 389 g/mol. The number of nitrogens with zero attached hydrogens (tertiary/aromatic N) is 2. The summed E-state index contributed by atoms with van der Waals surface area (Å²) in [6.45, 7) is 3.04. The third-order valence-electron chi connectivity index (χ3n) is 5.85. The Bertz CT molecular complexity index is 1130. The molecule has 0 saturated heterocycles. The summed E-state index contributed by atoms with van der Waals surface area (Å²) in [4.78, 5) is 7.89. The Morgan fingerprint density at radius 1 is 0.633 bits per heavy atom. The molecule has 146 valence electrons. The van der Waals surface area contributed by atoms with E-state index >= 15 is 0 Å². The van der Waals surface area contributed by atoms with Crippen molar-refractivity contribution in [3.63, 3.8) is 0 Å². The molecule has 5 rings (SSSR count). The third-order valence-corrected chi connectivity index (χ3v) is 5.85. The predicted molar refractivity (Wildman–Crippen MR) is 125 cm³/mol. The van der Waals surface area contributed by atoms with E-state index in [0.717, 1.165) is 17.9 Å². The first kappa shape index (κ1) is 18.4. The second-order valence-electron chi connectivity index (χ2n) is 7.51. The molecule has 0 fully saturated rings. The van der Waals surface area contributed by atoms with Crippen LogP contribution < -0.4 is 4.90 Å². The molecule has 0 radical (unpaired) electrons. The van der Waals surface area contributed by atoms with E-state index in [1.165, 1.54) is 22.4 Å². The van der Waals surface area contributed by atoms with Crippen LogP contribution >= 0.6 is 0 Å². The van der Waals surface area contributed by atoms with Gasteiger partial charge in [-0.05, 0) is 24.1 Å². The standard InChI is InChI=1S/C28H24N2/c1-2-30-26-21-13-12-20-25(26)28(23-16-8-4-9-17-23,24-18-10-5-11-19-24)29-27(30)22-14-6-3-7-15-22/h3-21H,2H2,1H3. The molecule has 0 spiro atoms. The summed E-state index contributed by atoms with van der Waals surface area (Å²) < 4.78 is 0. The summed E-state index contributed by atoms with van der Waals surface area (Å²) in [6, 6.07) is 40.5. The monoisotopic (exact) mass is 388 g/mol. The summed E-state index contributed by atoms with van der Waals surface area (Å²) in [5, 5.41) is 0. The molecule has 0 N–H and O–H groups in total. The Labute approximate surface area is 178 Å². The number of rotatable bonds is 4. The van der Waals surface area contributed by atoms with E-state index in [4.69, 9.17) is 4.99 Å². The van der Waals surface area contributed by atoms with Gasteiger partial charge in [0.1, 0.15) is 11.4 Å². The molecule has 1 aliphatic rings. The van der Waals surface area contributed by atoms with Gasteiger partial charge in [-0.25, -0.2) is 4.99 Å². The number of anilines is 1. The number of para-hydroxylation sites is 1. The Kier molecular flexibility index (Phi) is 4.68. The van der Waals surface area contributed by atoms with E-state index in [2.05, 4.69) is 127 Å². The van der Waals surface area contributed by atoms with Crippen molar-refractivity contribution in [3.05, 3.63) is 138 Å². The zero-order valence-electron chi connectivity index (χ0n) is 17.1. The highest BCUT2D eigenvalue weighted by atomic mass is 15.2. The highest BCUT2D eigenvalue weighted by Crippen LogP contribution is 2.48. The summed E-state index contributed by atoms with van der Waals surface area (Å²) in [5.41, 5.74) is 5.30. The van der Waals surface area contributed by atoms with E-state index in [9.17, 15) is 0 Å². The van der Waals surface area contributed by atoms with Crippen molar-refractivity contribution < 1.29 is 0 Å². The molecule has 0 bridgehead atoms. The van der Waals surface area contributed by atoms with E-state index < -0.39 is 5.54 Å². The molecule has 30 heavy (non-hydrogen) atoms. The van der Waals surface area contributed by atoms with Gasteiger partial charge in [-0.3, -0.25) is 0 Å². The van der Waals surface area contributed by atoms with Gasteiger partial charge in [0, 0.05) is 23.4 Å². The number of fused-ring (bicyclic) bond motifs is 1. The zero-order valence-corrected chi connectivity index (χ0v) is 17.1. The predicted octanol–water partition coefficient (Wildman–Crippen LogP) is 6.27. The van der Waals surface area contributed by atoms with Crippen molar-refractivity contribution >= 4 is 11.5 Å². The average Bonchev–Trinajstić information content (AvgIpc) is 2.84. The Hall–Kier alpha value is -3.65. The van der Waals surface area contributed by atoms with E-state index in [1.807, 2.05) is 0 Å². The van der Waals surface area contributed by atoms with Crippen LogP contribution in [0.15, 0.2) is 120 Å². The minimum Gasteiger partial charge on any atom is -0.326 e. The first-order valence-electron chi connectivity index (χ1n) is 10.5. The Morgan fingerprint density at radius 3 is 1.70 bits per heavy atom. The van der Waals surface area contributed by atoms with Gasteiger partial charge in [0.2, 0.25) is 0 Å². The van der Waals surface area contributed by atoms with Gasteiger partial charge >= 0.3 is 0 Å². The smallest absolute Gasteiger partial charge is 0.140 e. The molecular formula is C28H24N2. The lowest BCUT2D eigenvalue weighted by atomic mass is 9.75. The number of benzene rings is 4. The molecule has 0 amide bonds. The van der Waals surface area contributed by atoms with Crippen molar-refractivity contribution in [1.82, 2.24) is 0 Å². The van der Waals surface area contributed by atoms with Crippen molar-refractivity contribution in [1.29, 1.82) is 0 Å². The first-order chi connectivity index (χ1) is 14.8. The van der Waals surface area contributed by atoms with Crippen LogP contribution in [0.5, 0.6) is 0 Å². The van der Waals surface area contributed by atoms with Crippen molar-refractivity contribution in [2.45, 2.75) is 12.5 Å². The maximum atomic E-state index is 5.56. The van der Waals surface area contributed by atoms with Gasteiger partial charge in [-0.2, -0.15) is 0 Å². The molecule has 1 heterocycles. The maximum Gasteiger partial charge on any atom is 0.140 e. The van der Waals surface area contributed by atoms with E-state index in [-0.39, 0.29) is 0 Å². The molecule has 0 unspecified atom stereocenters. The summed E-state index contributed by atoms with van der Waals surface area (Å²) in [7, 11) is 0. The second-order valence-corrected chi connectivity index (χ2v) is 7.51. The van der Waals surface area contributed by atoms with Gasteiger partial charge in [-0.15, -0.1) is 0 Å². The summed E-state index contributed by atoms with van der Waals surface area (Å²) in [6.07, 6.45) is 0.